The van der Waals surface area contributed by atoms with Crippen LogP contribution in [0.1, 0.15) is 94.7 Å². The van der Waals surface area contributed by atoms with Crippen LogP contribution in [0.15, 0.2) is 87.1 Å². The van der Waals surface area contributed by atoms with Crippen LogP contribution in [0, 0.1) is 32.1 Å². The number of nitrogens with zero attached hydrogens (tertiary/aromatic N) is 7. The number of aryl methyl sites for hydroxylation is 3. The van der Waals surface area contributed by atoms with Gasteiger partial charge in [0.05, 0.1) is 37.1 Å². The highest BCUT2D eigenvalue weighted by Gasteiger charge is 2.32. The first kappa shape index (κ1) is 45.0. The fourth-order valence-corrected chi connectivity index (χ4v) is 8.49. The second-order valence-electron chi connectivity index (χ2n) is 14.3. The van der Waals surface area contributed by atoms with Crippen LogP contribution >= 0.6 is 38.9 Å². The lowest BCUT2D eigenvalue weighted by molar-refractivity contribution is -0.121. The molecule has 1 aliphatic rings. The Balaban J connectivity index is 0.909. The van der Waals surface area contributed by atoms with Crippen molar-refractivity contribution in [3.63, 3.8) is 0 Å². The summed E-state index contributed by atoms with van der Waals surface area (Å²) in [5, 5.41) is 30.1. The first-order chi connectivity index (χ1) is 29.6. The van der Waals surface area contributed by atoms with Crippen molar-refractivity contribution in [1.29, 1.82) is 5.26 Å². The summed E-state index contributed by atoms with van der Waals surface area (Å²) in [6, 6.07) is 22.2. The van der Waals surface area contributed by atoms with Crippen molar-refractivity contribution < 1.29 is 19.2 Å². The van der Waals surface area contributed by atoms with Gasteiger partial charge in [0.15, 0.2) is 5.82 Å². The largest absolute Gasteiger partial charge is 0.394 e. The van der Waals surface area contributed by atoms with Crippen molar-refractivity contribution in [2.24, 2.45) is 10.1 Å². The molecule has 0 radical (unpaired) electrons. The number of pyridine rings is 1. The third kappa shape index (κ3) is 11.9. The Hall–Kier alpha value is -5.53. The number of oxime groups is 1. The number of carbonyl (C=O) groups is 2. The molecule has 6 rings (SSSR count). The van der Waals surface area contributed by atoms with Gasteiger partial charge in [-0.15, -0.1) is 21.5 Å². The van der Waals surface area contributed by atoms with Crippen LogP contribution in [0.25, 0.3) is 11.1 Å². The van der Waals surface area contributed by atoms with Crippen LogP contribution < -0.4 is 10.6 Å². The normalized spacial score (nSPS) is 14.1. The zero-order valence-corrected chi connectivity index (χ0v) is 37.6. The van der Waals surface area contributed by atoms with E-state index in [1.54, 1.807) is 35.8 Å². The highest BCUT2D eigenvalue weighted by Crippen LogP contribution is 2.39. The van der Waals surface area contributed by atoms with Gasteiger partial charge in [0.25, 0.3) is 5.91 Å². The summed E-state index contributed by atoms with van der Waals surface area (Å²) in [5.74, 6) is 0.752. The second kappa shape index (κ2) is 21.8. The number of aromatic nitrogens is 4. The van der Waals surface area contributed by atoms with E-state index in [1.807, 2.05) is 66.1 Å². The van der Waals surface area contributed by atoms with E-state index in [1.165, 1.54) is 11.0 Å². The Morgan fingerprint density at radius 2 is 1.85 bits per heavy atom. The standard InChI is InChI=1S/C45H47BrClN9O4S/c1-5-8-37(53-44(58)34(27-48)25-36-10-6-11-39(46)51-36)32-14-12-31(13-15-32)9-7-20-50-60-24-23-59-22-21-49-40(57)26-38-43-55-54-30(4)56(43)45-41(28(2)29(3)61-45)42(52-38)33-16-18-35(47)19-17-33/h6,10-20,25,37-38H,5,7-9,21-24,26H2,1-4H3,(H,49,57)(H,53,58)/b34-25+,50-20+/t37-,38-/m0/s1. The third-order valence-corrected chi connectivity index (χ3v) is 11.9. The molecule has 2 amide bonds. The highest BCUT2D eigenvalue weighted by atomic mass is 79.9. The lowest BCUT2D eigenvalue weighted by Crippen LogP contribution is -2.29. The summed E-state index contributed by atoms with van der Waals surface area (Å²) in [6.07, 6.45) is 6.33. The molecule has 5 aromatic rings. The number of ether oxygens (including phenoxy) is 1. The van der Waals surface area contributed by atoms with Gasteiger partial charge in [-0.3, -0.25) is 19.1 Å². The number of nitrogens with one attached hydrogen (secondary N) is 2. The molecule has 316 valence electrons. The first-order valence-electron chi connectivity index (χ1n) is 20.0. The van der Waals surface area contributed by atoms with Gasteiger partial charge in [0, 0.05) is 33.8 Å². The Morgan fingerprint density at radius 1 is 1.07 bits per heavy atom. The molecular weight excluding hydrogens is 878 g/mol. The van der Waals surface area contributed by atoms with Crippen molar-refractivity contribution in [3.8, 4) is 11.1 Å². The molecule has 0 saturated carbocycles. The van der Waals surface area contributed by atoms with E-state index >= 15 is 0 Å². The number of aliphatic imine (C=N–C) groups is 1. The van der Waals surface area contributed by atoms with Gasteiger partial charge in [-0.2, -0.15) is 5.26 Å². The van der Waals surface area contributed by atoms with E-state index < -0.39 is 11.9 Å². The van der Waals surface area contributed by atoms with Crippen molar-refractivity contribution in [2.75, 3.05) is 26.4 Å². The third-order valence-electron chi connectivity index (χ3n) is 9.99. The molecule has 0 saturated heterocycles. The number of fused-ring (bicyclic) bond motifs is 3. The number of carbonyl (C=O) groups excluding carboxylic acids is 2. The van der Waals surface area contributed by atoms with Gasteiger partial charge < -0.3 is 20.2 Å². The van der Waals surface area contributed by atoms with E-state index in [2.05, 4.69) is 67.7 Å². The molecule has 0 spiro atoms. The minimum Gasteiger partial charge on any atom is -0.394 e. The SMILES string of the molecule is CCC[C@H](NC(=O)/C(C#N)=C/c1cccc(Br)n1)c1ccc(CC/C=N/OCCOCCNC(=O)C[C@@H]2N=C(c3ccc(Cl)cc3)c3c(sc(C)c3C)-n3c(C)nnc32)cc1. The molecule has 2 aromatic carbocycles. The minimum absolute atomic E-state index is 0.00624. The van der Waals surface area contributed by atoms with Crippen molar-refractivity contribution in [1.82, 2.24) is 30.4 Å². The van der Waals surface area contributed by atoms with Crippen LogP contribution in [-0.4, -0.2) is 69.9 Å². The molecule has 1 aliphatic heterocycles. The van der Waals surface area contributed by atoms with Crippen molar-refractivity contribution >= 4 is 68.7 Å². The van der Waals surface area contributed by atoms with Crippen molar-refractivity contribution in [2.45, 2.75) is 71.9 Å². The molecule has 61 heavy (non-hydrogen) atoms. The number of nitriles is 1. The van der Waals surface area contributed by atoms with E-state index in [4.69, 9.17) is 26.2 Å². The topological polar surface area (TPSA) is 169 Å². The summed E-state index contributed by atoms with van der Waals surface area (Å²) in [5.41, 5.74) is 6.46. The monoisotopic (exact) mass is 923 g/mol. The Kier molecular flexibility index (Phi) is 16.1. The molecule has 0 aliphatic carbocycles. The quantitative estimate of drug-likeness (QED) is 0.0207. The number of rotatable bonds is 19. The Labute approximate surface area is 373 Å². The fraction of sp³-hybridized carbons (Fsp3) is 0.333. The maximum atomic E-state index is 13.2. The molecule has 0 unspecified atom stereocenters. The highest BCUT2D eigenvalue weighted by molar-refractivity contribution is 9.10. The van der Waals surface area contributed by atoms with Gasteiger partial charge in [0.2, 0.25) is 5.91 Å². The summed E-state index contributed by atoms with van der Waals surface area (Å²) >= 11 is 11.2. The maximum Gasteiger partial charge on any atom is 0.262 e. The number of halogens is 2. The Bertz CT molecular complexity index is 2460. The lowest BCUT2D eigenvalue weighted by atomic mass is 9.99. The number of amides is 2. The van der Waals surface area contributed by atoms with Crippen LogP contribution in [0.3, 0.4) is 0 Å². The van der Waals surface area contributed by atoms with Crippen LogP contribution in [0.2, 0.25) is 5.02 Å². The van der Waals surface area contributed by atoms with Crippen LogP contribution in [0.4, 0.5) is 0 Å². The zero-order valence-electron chi connectivity index (χ0n) is 34.5. The van der Waals surface area contributed by atoms with Gasteiger partial charge in [-0.05, 0) is 103 Å². The summed E-state index contributed by atoms with van der Waals surface area (Å²) in [6.45, 7) is 9.38. The number of hydrogen-bond donors (Lipinski definition) is 2. The average Bonchev–Trinajstić information content (AvgIpc) is 3.73. The van der Waals surface area contributed by atoms with E-state index in [-0.39, 0.29) is 30.5 Å². The summed E-state index contributed by atoms with van der Waals surface area (Å²) in [4.78, 5) is 42.2. The second-order valence-corrected chi connectivity index (χ2v) is 16.8. The van der Waals surface area contributed by atoms with Gasteiger partial charge >= 0.3 is 0 Å². The minimum atomic E-state index is -0.551. The van der Waals surface area contributed by atoms with E-state index in [9.17, 15) is 14.9 Å². The molecule has 0 bridgehead atoms. The molecule has 2 N–H and O–H groups in total. The zero-order chi connectivity index (χ0) is 43.3. The molecular formula is C45H47BrClN9O4S. The predicted octanol–water partition coefficient (Wildman–Crippen LogP) is 8.68. The van der Waals surface area contributed by atoms with E-state index in [0.29, 0.717) is 47.3 Å². The van der Waals surface area contributed by atoms with E-state index in [0.717, 1.165) is 63.6 Å². The molecule has 13 nitrogen and oxygen atoms in total. The number of thiophene rings is 1. The molecule has 0 fully saturated rings. The summed E-state index contributed by atoms with van der Waals surface area (Å²) < 4.78 is 8.32. The smallest absolute Gasteiger partial charge is 0.262 e. The van der Waals surface area contributed by atoms with Crippen LogP contribution in [0.5, 0.6) is 0 Å². The molecule has 3 aromatic heterocycles. The lowest BCUT2D eigenvalue weighted by Gasteiger charge is -2.19. The molecule has 16 heteroatoms. The number of benzene rings is 2. The van der Waals surface area contributed by atoms with Gasteiger partial charge in [-0.1, -0.05) is 72.6 Å². The predicted molar refractivity (Wildman–Crippen MR) is 242 cm³/mol. The van der Waals surface area contributed by atoms with Gasteiger partial charge in [0.1, 0.15) is 39.7 Å². The fourth-order valence-electron chi connectivity index (χ4n) is 6.79. The van der Waals surface area contributed by atoms with Gasteiger partial charge in [-0.25, -0.2) is 4.98 Å². The Morgan fingerprint density at radius 3 is 2.59 bits per heavy atom. The molecule has 2 atom stereocenters. The van der Waals surface area contributed by atoms with Crippen molar-refractivity contribution in [3.05, 3.63) is 132 Å². The van der Waals surface area contributed by atoms with Crippen LogP contribution in [-0.2, 0) is 25.6 Å². The maximum absolute atomic E-state index is 13.2. The first-order valence-corrected chi connectivity index (χ1v) is 22.0. The number of hydrogen-bond acceptors (Lipinski definition) is 11. The molecule has 4 heterocycles. The average molecular weight is 925 g/mol. The summed E-state index contributed by atoms with van der Waals surface area (Å²) in [7, 11) is 0.